The first-order valence-corrected chi connectivity index (χ1v) is 7.98. The molecule has 1 atom stereocenters. The van der Waals surface area contributed by atoms with Gasteiger partial charge >= 0.3 is 0 Å². The summed E-state index contributed by atoms with van der Waals surface area (Å²) in [5, 5.41) is 0. The quantitative estimate of drug-likeness (QED) is 0.918. The summed E-state index contributed by atoms with van der Waals surface area (Å²) in [5.74, 6) is -0.501. The lowest BCUT2D eigenvalue weighted by Crippen LogP contribution is -2.25. The van der Waals surface area contributed by atoms with Gasteiger partial charge in [-0.2, -0.15) is 0 Å². The van der Waals surface area contributed by atoms with Crippen LogP contribution in [0.25, 0.3) is 0 Å². The van der Waals surface area contributed by atoms with Crippen molar-refractivity contribution in [1.82, 2.24) is 0 Å². The molecular formula is C11H13BrFNO3S. The van der Waals surface area contributed by atoms with Gasteiger partial charge in [0.1, 0.15) is 5.82 Å². The zero-order valence-corrected chi connectivity index (χ0v) is 11.9. The molecule has 0 bridgehead atoms. The molecule has 7 heteroatoms. The van der Waals surface area contributed by atoms with Crippen LogP contribution in [0, 0.1) is 5.82 Å². The Labute approximate surface area is 114 Å². The fourth-order valence-corrected chi connectivity index (χ4v) is 3.50. The summed E-state index contributed by atoms with van der Waals surface area (Å²) in [6, 6.07) is 3.98. The predicted molar refractivity (Wildman–Crippen MR) is 70.5 cm³/mol. The molecule has 1 fully saturated rings. The summed E-state index contributed by atoms with van der Waals surface area (Å²) in [6.45, 7) is 0.613. The van der Waals surface area contributed by atoms with Crippen molar-refractivity contribution in [3.63, 3.8) is 0 Å². The Kier molecular flexibility index (Phi) is 4.24. The Morgan fingerprint density at radius 2 is 2.28 bits per heavy atom. The lowest BCUT2D eigenvalue weighted by Gasteiger charge is -2.12. The van der Waals surface area contributed by atoms with E-state index in [1.54, 1.807) is 0 Å². The van der Waals surface area contributed by atoms with Crippen LogP contribution in [0.5, 0.6) is 0 Å². The van der Waals surface area contributed by atoms with Crippen LogP contribution in [0.3, 0.4) is 0 Å². The van der Waals surface area contributed by atoms with E-state index in [1.807, 2.05) is 0 Å². The Bertz CT molecular complexity index is 529. The highest BCUT2D eigenvalue weighted by molar-refractivity contribution is 9.10. The predicted octanol–water partition coefficient (Wildman–Crippen LogP) is 2.51. The van der Waals surface area contributed by atoms with Crippen molar-refractivity contribution < 1.29 is 17.5 Å². The number of sulfonamides is 1. The highest BCUT2D eigenvalue weighted by atomic mass is 79.9. The highest BCUT2D eigenvalue weighted by Gasteiger charge is 2.23. The van der Waals surface area contributed by atoms with Crippen molar-refractivity contribution in [3.8, 4) is 0 Å². The van der Waals surface area contributed by atoms with Gasteiger partial charge in [0, 0.05) is 12.3 Å². The molecule has 0 radical (unpaired) electrons. The van der Waals surface area contributed by atoms with Crippen LogP contribution in [-0.4, -0.2) is 26.9 Å². The van der Waals surface area contributed by atoms with Crippen molar-refractivity contribution in [2.45, 2.75) is 18.9 Å². The van der Waals surface area contributed by atoms with Gasteiger partial charge in [-0.3, -0.25) is 4.72 Å². The van der Waals surface area contributed by atoms with Crippen LogP contribution >= 0.6 is 15.9 Å². The molecule has 0 spiro atoms. The molecule has 0 aliphatic carbocycles. The standard InChI is InChI=1S/C11H13BrFNO3S/c12-10-6-8(3-4-11(10)13)14-18(15,16)7-9-2-1-5-17-9/h3-4,6,9,14H,1-2,5,7H2. The first kappa shape index (κ1) is 13.8. The van der Waals surface area contributed by atoms with Crippen LogP contribution in [0.2, 0.25) is 0 Å². The molecule has 1 aliphatic rings. The number of hydrogen-bond donors (Lipinski definition) is 1. The second-order valence-electron chi connectivity index (χ2n) is 4.15. The molecule has 1 aliphatic heterocycles. The summed E-state index contributed by atoms with van der Waals surface area (Å²) >= 11 is 3.01. The van der Waals surface area contributed by atoms with Crippen LogP contribution in [0.4, 0.5) is 10.1 Å². The lowest BCUT2D eigenvalue weighted by molar-refractivity contribution is 0.127. The van der Waals surface area contributed by atoms with E-state index in [0.29, 0.717) is 12.3 Å². The summed E-state index contributed by atoms with van der Waals surface area (Å²) in [5.41, 5.74) is 0.335. The summed E-state index contributed by atoms with van der Waals surface area (Å²) in [4.78, 5) is 0. The third-order valence-corrected chi connectivity index (χ3v) is 4.59. The molecule has 1 N–H and O–H groups in total. The van der Waals surface area contributed by atoms with E-state index in [-0.39, 0.29) is 16.3 Å². The van der Waals surface area contributed by atoms with Gasteiger partial charge in [0.25, 0.3) is 0 Å². The van der Waals surface area contributed by atoms with E-state index in [1.165, 1.54) is 18.2 Å². The van der Waals surface area contributed by atoms with E-state index < -0.39 is 15.8 Å². The second-order valence-corrected chi connectivity index (χ2v) is 6.77. The van der Waals surface area contributed by atoms with Crippen LogP contribution in [-0.2, 0) is 14.8 Å². The topological polar surface area (TPSA) is 55.4 Å². The van der Waals surface area contributed by atoms with Gasteiger partial charge in [-0.1, -0.05) is 0 Å². The monoisotopic (exact) mass is 337 g/mol. The summed E-state index contributed by atoms with van der Waals surface area (Å²) in [7, 11) is -3.47. The minimum absolute atomic E-state index is 0.0675. The van der Waals surface area contributed by atoms with Gasteiger partial charge in [-0.25, -0.2) is 12.8 Å². The Balaban J connectivity index is 2.04. The summed E-state index contributed by atoms with van der Waals surface area (Å²) in [6.07, 6.45) is 1.41. The molecule has 2 rings (SSSR count). The number of nitrogens with one attached hydrogen (secondary N) is 1. The molecule has 0 aromatic heterocycles. The van der Waals surface area contributed by atoms with E-state index in [9.17, 15) is 12.8 Å². The minimum atomic E-state index is -3.47. The lowest BCUT2D eigenvalue weighted by atomic mass is 10.3. The van der Waals surface area contributed by atoms with E-state index in [0.717, 1.165) is 12.8 Å². The molecule has 1 aromatic rings. The van der Waals surface area contributed by atoms with Crippen molar-refractivity contribution in [3.05, 3.63) is 28.5 Å². The normalized spacial score (nSPS) is 20.0. The molecule has 1 saturated heterocycles. The molecule has 0 saturated carbocycles. The van der Waals surface area contributed by atoms with E-state index >= 15 is 0 Å². The Morgan fingerprint density at radius 3 is 2.89 bits per heavy atom. The van der Waals surface area contributed by atoms with Crippen molar-refractivity contribution in [2.75, 3.05) is 17.1 Å². The number of anilines is 1. The van der Waals surface area contributed by atoms with E-state index in [2.05, 4.69) is 20.7 Å². The first-order chi connectivity index (χ1) is 8.46. The van der Waals surface area contributed by atoms with Gasteiger partial charge in [0.2, 0.25) is 10.0 Å². The molecule has 18 heavy (non-hydrogen) atoms. The number of rotatable bonds is 4. The maximum absolute atomic E-state index is 13.0. The average molecular weight is 338 g/mol. The SMILES string of the molecule is O=S(=O)(CC1CCCO1)Nc1ccc(F)c(Br)c1. The van der Waals surface area contributed by atoms with Crippen LogP contribution in [0.1, 0.15) is 12.8 Å². The third kappa shape index (κ3) is 3.66. The molecule has 1 heterocycles. The van der Waals surface area contributed by atoms with Gasteiger partial charge in [-0.05, 0) is 47.0 Å². The van der Waals surface area contributed by atoms with Crippen molar-refractivity contribution in [1.29, 1.82) is 0 Å². The van der Waals surface area contributed by atoms with Gasteiger partial charge in [-0.15, -0.1) is 0 Å². The molecule has 1 unspecified atom stereocenters. The molecule has 1 aromatic carbocycles. The summed E-state index contributed by atoms with van der Waals surface area (Å²) < 4.78 is 44.6. The Morgan fingerprint density at radius 1 is 1.50 bits per heavy atom. The number of hydrogen-bond acceptors (Lipinski definition) is 3. The van der Waals surface area contributed by atoms with Crippen molar-refractivity contribution >= 4 is 31.6 Å². The van der Waals surface area contributed by atoms with Gasteiger partial charge < -0.3 is 4.74 Å². The Hall–Kier alpha value is -0.660. The smallest absolute Gasteiger partial charge is 0.235 e. The maximum Gasteiger partial charge on any atom is 0.235 e. The minimum Gasteiger partial charge on any atom is -0.377 e. The fourth-order valence-electron chi connectivity index (χ4n) is 1.80. The largest absolute Gasteiger partial charge is 0.377 e. The molecular weight excluding hydrogens is 325 g/mol. The maximum atomic E-state index is 13.0. The molecule has 100 valence electrons. The zero-order chi connectivity index (χ0) is 13.2. The number of benzene rings is 1. The fraction of sp³-hybridized carbons (Fsp3) is 0.455. The van der Waals surface area contributed by atoms with E-state index in [4.69, 9.17) is 4.74 Å². The third-order valence-electron chi connectivity index (χ3n) is 2.62. The number of halogens is 2. The molecule has 0 amide bonds. The zero-order valence-electron chi connectivity index (χ0n) is 9.53. The van der Waals surface area contributed by atoms with Crippen molar-refractivity contribution in [2.24, 2.45) is 0 Å². The van der Waals surface area contributed by atoms with Gasteiger partial charge in [0.15, 0.2) is 0 Å². The first-order valence-electron chi connectivity index (χ1n) is 5.53. The van der Waals surface area contributed by atoms with Crippen LogP contribution < -0.4 is 4.72 Å². The number of ether oxygens (including phenoxy) is 1. The van der Waals surface area contributed by atoms with Crippen LogP contribution in [0.15, 0.2) is 22.7 Å². The second kappa shape index (κ2) is 5.54. The highest BCUT2D eigenvalue weighted by Crippen LogP contribution is 2.21. The average Bonchev–Trinajstić information content (AvgIpc) is 2.75. The molecule has 4 nitrogen and oxygen atoms in total. The van der Waals surface area contributed by atoms with Gasteiger partial charge in [0.05, 0.1) is 16.3 Å².